The number of ether oxygens (including phenoxy) is 1. The van der Waals surface area contributed by atoms with Crippen LogP contribution in [-0.4, -0.2) is 51.0 Å². The molecule has 0 aromatic carbocycles. The topological polar surface area (TPSA) is 79.5 Å². The summed E-state index contributed by atoms with van der Waals surface area (Å²) in [5.74, 6) is 0.391. The number of amides is 1. The summed E-state index contributed by atoms with van der Waals surface area (Å²) in [7, 11) is 3.02. The van der Waals surface area contributed by atoms with Gasteiger partial charge in [0.2, 0.25) is 0 Å². The Morgan fingerprint density at radius 3 is 2.80 bits per heavy atom. The second-order valence-electron chi connectivity index (χ2n) is 4.93. The van der Waals surface area contributed by atoms with Gasteiger partial charge in [0.05, 0.1) is 6.61 Å². The highest BCUT2D eigenvalue weighted by Crippen LogP contribution is 2.28. The molecule has 1 N–H and O–H groups in total. The van der Waals surface area contributed by atoms with Crippen molar-refractivity contribution in [2.24, 2.45) is 5.92 Å². The molecule has 6 nitrogen and oxygen atoms in total. The molecule has 1 saturated carbocycles. The molecule has 1 aromatic rings. The molecule has 0 saturated heterocycles. The molecule has 8 heteroatoms. The van der Waals surface area contributed by atoms with Gasteiger partial charge in [0.15, 0.2) is 0 Å². The Labute approximate surface area is 122 Å². The van der Waals surface area contributed by atoms with E-state index in [1.54, 1.807) is 7.05 Å². The molecular formula is C12H17ClN2O4S. The van der Waals surface area contributed by atoms with E-state index in [2.05, 4.69) is 4.98 Å². The fourth-order valence-electron chi connectivity index (χ4n) is 1.68. The van der Waals surface area contributed by atoms with Crippen molar-refractivity contribution >= 4 is 25.6 Å². The van der Waals surface area contributed by atoms with E-state index in [-0.39, 0.29) is 16.5 Å². The van der Waals surface area contributed by atoms with Crippen LogP contribution < -0.4 is 0 Å². The molecule has 0 bridgehead atoms. The van der Waals surface area contributed by atoms with Crippen LogP contribution in [0.3, 0.4) is 0 Å². The average molecular weight is 321 g/mol. The Kier molecular flexibility index (Phi) is 4.72. The number of likely N-dealkylation sites (N-methyl/N-ethyl adjacent to an activating group) is 1. The monoisotopic (exact) mass is 320 g/mol. The molecule has 1 aromatic heterocycles. The number of nitrogens with one attached hydrogen (secondary N) is 1. The second-order valence-corrected chi connectivity index (χ2v) is 7.50. The number of H-pyrrole nitrogens is 1. The van der Waals surface area contributed by atoms with Crippen molar-refractivity contribution < 1.29 is 17.9 Å². The first-order valence-electron chi connectivity index (χ1n) is 6.34. The molecule has 0 spiro atoms. The number of rotatable bonds is 7. The maximum atomic E-state index is 12.0. The molecule has 0 aliphatic heterocycles. The highest BCUT2D eigenvalue weighted by atomic mass is 35.7. The van der Waals surface area contributed by atoms with Crippen molar-refractivity contribution in [2.45, 2.75) is 17.7 Å². The van der Waals surface area contributed by atoms with Crippen molar-refractivity contribution in [2.75, 3.05) is 26.8 Å². The minimum Gasteiger partial charge on any atom is -0.379 e. The Morgan fingerprint density at radius 2 is 2.25 bits per heavy atom. The SMILES string of the molecule is CN(CCOCC1CC1)C(=O)c1cc(S(=O)(=O)Cl)c[nH]1. The molecule has 0 unspecified atom stereocenters. The van der Waals surface area contributed by atoms with Crippen molar-refractivity contribution in [1.82, 2.24) is 9.88 Å². The van der Waals surface area contributed by atoms with Gasteiger partial charge >= 0.3 is 0 Å². The lowest BCUT2D eigenvalue weighted by Crippen LogP contribution is -2.30. The van der Waals surface area contributed by atoms with Crippen LogP contribution in [0.2, 0.25) is 0 Å². The van der Waals surface area contributed by atoms with Gasteiger partial charge in [-0.05, 0) is 24.8 Å². The minimum absolute atomic E-state index is 0.110. The Balaban J connectivity index is 1.84. The van der Waals surface area contributed by atoms with Crippen LogP contribution in [0.4, 0.5) is 0 Å². The van der Waals surface area contributed by atoms with Gasteiger partial charge in [-0.3, -0.25) is 4.79 Å². The molecular weight excluding hydrogens is 304 g/mol. The lowest BCUT2D eigenvalue weighted by atomic mass is 10.4. The van der Waals surface area contributed by atoms with E-state index >= 15 is 0 Å². The third kappa shape index (κ3) is 4.22. The first-order chi connectivity index (χ1) is 9.38. The number of aromatic amines is 1. The van der Waals surface area contributed by atoms with Gasteiger partial charge < -0.3 is 14.6 Å². The van der Waals surface area contributed by atoms with Gasteiger partial charge in [0.1, 0.15) is 10.6 Å². The van der Waals surface area contributed by atoms with Crippen LogP contribution in [0.15, 0.2) is 17.2 Å². The van der Waals surface area contributed by atoms with Crippen LogP contribution in [0, 0.1) is 5.92 Å². The molecule has 20 heavy (non-hydrogen) atoms. The van der Waals surface area contributed by atoms with E-state index in [0.717, 1.165) is 6.61 Å². The summed E-state index contributed by atoms with van der Waals surface area (Å²) in [4.78, 5) is 16.0. The summed E-state index contributed by atoms with van der Waals surface area (Å²) >= 11 is 0. The fourth-order valence-corrected chi connectivity index (χ4v) is 2.41. The number of nitrogens with zero attached hydrogens (tertiary/aromatic N) is 1. The van der Waals surface area contributed by atoms with E-state index in [4.69, 9.17) is 15.4 Å². The molecule has 0 atom stereocenters. The van der Waals surface area contributed by atoms with Crippen molar-refractivity contribution in [3.8, 4) is 0 Å². The summed E-state index contributed by atoms with van der Waals surface area (Å²) in [5, 5.41) is 0. The zero-order valence-corrected chi connectivity index (χ0v) is 12.7. The molecule has 1 aliphatic carbocycles. The molecule has 2 rings (SSSR count). The van der Waals surface area contributed by atoms with Gasteiger partial charge in [-0.25, -0.2) is 8.42 Å². The third-order valence-electron chi connectivity index (χ3n) is 3.14. The Bertz CT molecular complexity index is 580. The zero-order chi connectivity index (χ0) is 14.8. The van der Waals surface area contributed by atoms with Crippen molar-refractivity contribution in [1.29, 1.82) is 0 Å². The van der Waals surface area contributed by atoms with Crippen LogP contribution in [-0.2, 0) is 13.8 Å². The average Bonchev–Trinajstić information content (AvgIpc) is 3.05. The predicted molar refractivity (Wildman–Crippen MR) is 74.3 cm³/mol. The Morgan fingerprint density at radius 1 is 1.55 bits per heavy atom. The number of aromatic nitrogens is 1. The van der Waals surface area contributed by atoms with Crippen LogP contribution >= 0.6 is 10.7 Å². The highest BCUT2D eigenvalue weighted by molar-refractivity contribution is 8.13. The van der Waals surface area contributed by atoms with E-state index in [1.807, 2.05) is 0 Å². The summed E-state index contributed by atoms with van der Waals surface area (Å²) in [5.41, 5.74) is 0.189. The minimum atomic E-state index is -3.82. The lowest BCUT2D eigenvalue weighted by molar-refractivity contribution is 0.0676. The summed E-state index contributed by atoms with van der Waals surface area (Å²) < 4.78 is 27.7. The molecule has 0 radical (unpaired) electrons. The fraction of sp³-hybridized carbons (Fsp3) is 0.583. The third-order valence-corrected chi connectivity index (χ3v) is 4.47. The molecule has 1 heterocycles. The van der Waals surface area contributed by atoms with Gasteiger partial charge in [-0.1, -0.05) is 0 Å². The second kappa shape index (κ2) is 6.15. The largest absolute Gasteiger partial charge is 0.379 e. The van der Waals surface area contributed by atoms with Crippen molar-refractivity contribution in [3.63, 3.8) is 0 Å². The molecule has 1 aliphatic rings. The number of hydrogen-bond donors (Lipinski definition) is 1. The van der Waals surface area contributed by atoms with Gasteiger partial charge in [0.25, 0.3) is 15.0 Å². The van der Waals surface area contributed by atoms with Crippen molar-refractivity contribution in [3.05, 3.63) is 18.0 Å². The first kappa shape index (κ1) is 15.3. The predicted octanol–water partition coefficient (Wildman–Crippen LogP) is 1.44. The van der Waals surface area contributed by atoms with Crippen LogP contribution in [0.5, 0.6) is 0 Å². The maximum Gasteiger partial charge on any atom is 0.270 e. The summed E-state index contributed by atoms with van der Waals surface area (Å²) in [6.45, 7) is 1.67. The van der Waals surface area contributed by atoms with E-state index in [0.29, 0.717) is 19.1 Å². The maximum absolute atomic E-state index is 12.0. The number of carbonyl (C=O) groups excluding carboxylic acids is 1. The van der Waals surface area contributed by atoms with Gasteiger partial charge in [0, 0.05) is 37.1 Å². The normalized spacial score (nSPS) is 15.3. The first-order valence-corrected chi connectivity index (χ1v) is 8.65. The molecule has 1 fully saturated rings. The standard InChI is InChI=1S/C12H17ClN2O4S/c1-15(4-5-19-8-9-2-3-9)12(16)11-6-10(7-14-11)20(13,17)18/h6-7,9,14H,2-5,8H2,1H3. The van der Waals surface area contributed by atoms with E-state index < -0.39 is 9.05 Å². The highest BCUT2D eigenvalue weighted by Gasteiger charge is 2.21. The lowest BCUT2D eigenvalue weighted by Gasteiger charge is -2.16. The quantitative estimate of drug-likeness (QED) is 0.609. The van der Waals surface area contributed by atoms with Gasteiger partial charge in [-0.15, -0.1) is 0 Å². The van der Waals surface area contributed by atoms with Crippen LogP contribution in [0.25, 0.3) is 0 Å². The molecule has 1 amide bonds. The molecule has 112 valence electrons. The number of carbonyl (C=O) groups is 1. The summed E-state index contributed by atoms with van der Waals surface area (Å²) in [6, 6.07) is 1.23. The van der Waals surface area contributed by atoms with E-state index in [1.165, 1.54) is 30.0 Å². The van der Waals surface area contributed by atoms with E-state index in [9.17, 15) is 13.2 Å². The van der Waals surface area contributed by atoms with Crippen LogP contribution in [0.1, 0.15) is 23.3 Å². The smallest absolute Gasteiger partial charge is 0.270 e. The zero-order valence-electron chi connectivity index (χ0n) is 11.1. The number of halogens is 1. The van der Waals surface area contributed by atoms with Gasteiger partial charge in [-0.2, -0.15) is 0 Å². The Hall–Kier alpha value is -1.05. The summed E-state index contributed by atoms with van der Waals surface area (Å²) in [6.07, 6.45) is 3.66. The number of hydrogen-bond acceptors (Lipinski definition) is 4.